The summed E-state index contributed by atoms with van der Waals surface area (Å²) in [6.07, 6.45) is 0.646. The van der Waals surface area contributed by atoms with E-state index >= 15 is 0 Å². The Morgan fingerprint density at radius 1 is 0.750 bits per heavy atom. The van der Waals surface area contributed by atoms with Gasteiger partial charge < -0.3 is 4.57 Å². The number of hydrogen-bond acceptors (Lipinski definition) is 1. The van der Waals surface area contributed by atoms with Crippen LogP contribution in [0, 0.1) is 20.8 Å². The second-order valence-electron chi connectivity index (χ2n) is 6.42. The molecule has 0 aliphatic heterocycles. The maximum absolute atomic E-state index is 12.8. The smallest absolute Gasteiger partial charge is 0.108 e. The first-order valence-electron chi connectivity index (χ1n) is 8.30. The molecule has 0 aliphatic carbocycles. The lowest BCUT2D eigenvalue weighted by molar-refractivity contribution is 0.592. The third kappa shape index (κ3) is 3.68. The minimum Gasteiger partial charge on any atom is -0.322 e. The Hall–Kier alpha value is -2.11. The molecular formula is C22H23OP. The lowest BCUT2D eigenvalue weighted by atomic mass is 10.0. The molecule has 0 heterocycles. The Morgan fingerprint density at radius 2 is 1.29 bits per heavy atom. The summed E-state index contributed by atoms with van der Waals surface area (Å²) in [4.78, 5) is 0. The van der Waals surface area contributed by atoms with Gasteiger partial charge in [-0.15, -0.1) is 0 Å². The van der Waals surface area contributed by atoms with Gasteiger partial charge in [0.05, 0.1) is 0 Å². The maximum Gasteiger partial charge on any atom is 0.108 e. The van der Waals surface area contributed by atoms with Gasteiger partial charge in [-0.2, -0.15) is 0 Å². The highest BCUT2D eigenvalue weighted by Crippen LogP contribution is 2.31. The van der Waals surface area contributed by atoms with Crippen LogP contribution in [0.5, 0.6) is 0 Å². The van der Waals surface area contributed by atoms with Gasteiger partial charge in [0.15, 0.2) is 0 Å². The fourth-order valence-corrected chi connectivity index (χ4v) is 4.85. The maximum atomic E-state index is 12.8. The lowest BCUT2D eigenvalue weighted by Crippen LogP contribution is -2.00. The van der Waals surface area contributed by atoms with Gasteiger partial charge in [0.25, 0.3) is 0 Å². The highest BCUT2D eigenvalue weighted by Gasteiger charge is 2.10. The molecule has 0 aliphatic rings. The van der Waals surface area contributed by atoms with Crippen molar-refractivity contribution in [3.05, 3.63) is 89.0 Å². The highest BCUT2D eigenvalue weighted by atomic mass is 31.1. The summed E-state index contributed by atoms with van der Waals surface area (Å²) in [5.74, 6) is 0. The van der Waals surface area contributed by atoms with Gasteiger partial charge >= 0.3 is 0 Å². The van der Waals surface area contributed by atoms with E-state index in [1.54, 1.807) is 0 Å². The summed E-state index contributed by atoms with van der Waals surface area (Å²) < 4.78 is 12.8. The molecule has 24 heavy (non-hydrogen) atoms. The first-order valence-corrected chi connectivity index (χ1v) is 9.91. The summed E-state index contributed by atoms with van der Waals surface area (Å²) in [6.45, 7) is 6.33. The molecule has 3 aromatic carbocycles. The van der Waals surface area contributed by atoms with Crippen LogP contribution in [0.15, 0.2) is 66.7 Å². The van der Waals surface area contributed by atoms with E-state index < -0.39 is 7.80 Å². The van der Waals surface area contributed by atoms with E-state index in [1.807, 2.05) is 30.3 Å². The summed E-state index contributed by atoms with van der Waals surface area (Å²) in [5.41, 5.74) is 7.33. The molecule has 2 heteroatoms. The zero-order valence-corrected chi connectivity index (χ0v) is 15.5. The molecule has 0 amide bonds. The van der Waals surface area contributed by atoms with Crippen molar-refractivity contribution < 1.29 is 4.57 Å². The van der Waals surface area contributed by atoms with Crippen LogP contribution in [0.3, 0.4) is 0 Å². The van der Waals surface area contributed by atoms with E-state index in [1.165, 1.54) is 27.8 Å². The average Bonchev–Trinajstić information content (AvgIpc) is 2.59. The lowest BCUT2D eigenvalue weighted by Gasteiger charge is -2.12. The molecule has 0 saturated heterocycles. The average molecular weight is 334 g/mol. The Balaban J connectivity index is 1.81. The second kappa shape index (κ2) is 7.20. The van der Waals surface area contributed by atoms with Gasteiger partial charge in [-0.25, -0.2) is 0 Å². The van der Waals surface area contributed by atoms with Crippen LogP contribution in [-0.4, -0.2) is 0 Å². The molecule has 0 fully saturated rings. The highest BCUT2D eigenvalue weighted by molar-refractivity contribution is 7.52. The van der Waals surface area contributed by atoms with Gasteiger partial charge in [0.1, 0.15) is 7.80 Å². The first kappa shape index (κ1) is 16.7. The largest absolute Gasteiger partial charge is 0.322 e. The van der Waals surface area contributed by atoms with Crippen LogP contribution in [0.4, 0.5) is 0 Å². The van der Waals surface area contributed by atoms with Crippen molar-refractivity contribution in [2.45, 2.75) is 26.9 Å². The van der Waals surface area contributed by atoms with Crippen molar-refractivity contribution in [1.29, 1.82) is 0 Å². The molecule has 0 N–H and O–H groups in total. The minimum absolute atomic E-state index is 0.646. The molecule has 0 bridgehead atoms. The molecule has 0 radical (unpaired) electrons. The molecule has 1 atom stereocenters. The number of rotatable bonds is 4. The Labute approximate surface area is 145 Å². The van der Waals surface area contributed by atoms with E-state index in [0.29, 0.717) is 6.16 Å². The van der Waals surface area contributed by atoms with Crippen molar-refractivity contribution in [2.75, 3.05) is 0 Å². The van der Waals surface area contributed by atoms with Gasteiger partial charge in [0.2, 0.25) is 0 Å². The fourth-order valence-electron chi connectivity index (χ4n) is 3.23. The van der Waals surface area contributed by atoms with Crippen LogP contribution >= 0.6 is 7.80 Å². The van der Waals surface area contributed by atoms with E-state index in [4.69, 9.17) is 0 Å². The summed E-state index contributed by atoms with van der Waals surface area (Å²) >= 11 is 0. The molecule has 122 valence electrons. The summed E-state index contributed by atoms with van der Waals surface area (Å²) in [5, 5.41) is 0.957. The Morgan fingerprint density at radius 3 is 1.88 bits per heavy atom. The van der Waals surface area contributed by atoms with Crippen molar-refractivity contribution >= 4 is 13.1 Å². The monoisotopic (exact) mass is 334 g/mol. The standard InChI is InChI=1S/C22H23OP/c1-16-13-17(2)22(18(3)14-16)15-24(23)21-11-9-20(10-12-21)19-7-5-4-6-8-19/h4-14,24H,15H2,1-3H3. The van der Waals surface area contributed by atoms with E-state index in [-0.39, 0.29) is 0 Å². The normalized spacial score (nSPS) is 12.1. The van der Waals surface area contributed by atoms with Crippen molar-refractivity contribution in [1.82, 2.24) is 0 Å². The summed E-state index contributed by atoms with van der Waals surface area (Å²) in [7, 11) is -1.82. The van der Waals surface area contributed by atoms with Crippen LogP contribution in [0.2, 0.25) is 0 Å². The Kier molecular flexibility index (Phi) is 5.02. The van der Waals surface area contributed by atoms with Gasteiger partial charge in [-0.05, 0) is 48.6 Å². The zero-order valence-electron chi connectivity index (χ0n) is 14.5. The SMILES string of the molecule is Cc1cc(C)c(C[PH](=O)c2ccc(-c3ccccc3)cc2)c(C)c1. The van der Waals surface area contributed by atoms with Crippen LogP contribution in [-0.2, 0) is 10.7 Å². The third-order valence-corrected chi connectivity index (χ3v) is 6.14. The van der Waals surface area contributed by atoms with E-state index in [2.05, 4.69) is 57.2 Å². The molecular weight excluding hydrogens is 311 g/mol. The predicted octanol–water partition coefficient (Wildman–Crippen LogP) is 5.66. The molecule has 0 spiro atoms. The van der Waals surface area contributed by atoms with Crippen molar-refractivity contribution in [3.8, 4) is 11.1 Å². The topological polar surface area (TPSA) is 17.1 Å². The number of benzene rings is 3. The minimum atomic E-state index is -1.82. The fraction of sp³-hybridized carbons (Fsp3) is 0.182. The second-order valence-corrected chi connectivity index (χ2v) is 8.20. The number of hydrogen-bond donors (Lipinski definition) is 0. The molecule has 1 unspecified atom stereocenters. The van der Waals surface area contributed by atoms with E-state index in [9.17, 15) is 4.57 Å². The summed E-state index contributed by atoms with van der Waals surface area (Å²) in [6, 6.07) is 22.8. The van der Waals surface area contributed by atoms with Crippen LogP contribution in [0.1, 0.15) is 22.3 Å². The van der Waals surface area contributed by atoms with Crippen molar-refractivity contribution in [2.24, 2.45) is 0 Å². The van der Waals surface area contributed by atoms with Gasteiger partial charge in [-0.3, -0.25) is 0 Å². The quantitative estimate of drug-likeness (QED) is 0.562. The predicted molar refractivity (Wildman–Crippen MR) is 105 cm³/mol. The molecule has 0 aromatic heterocycles. The van der Waals surface area contributed by atoms with Crippen molar-refractivity contribution in [3.63, 3.8) is 0 Å². The van der Waals surface area contributed by atoms with Gasteiger partial charge in [0, 0.05) is 11.5 Å². The zero-order chi connectivity index (χ0) is 17.1. The van der Waals surface area contributed by atoms with Crippen LogP contribution < -0.4 is 5.30 Å². The van der Waals surface area contributed by atoms with E-state index in [0.717, 1.165) is 10.9 Å². The number of aryl methyl sites for hydroxylation is 3. The molecule has 0 saturated carbocycles. The molecule has 3 aromatic rings. The molecule has 1 nitrogen and oxygen atoms in total. The first-order chi connectivity index (χ1) is 11.5. The Bertz CT molecular complexity index is 841. The van der Waals surface area contributed by atoms with Gasteiger partial charge in [-0.1, -0.05) is 72.3 Å². The third-order valence-electron chi connectivity index (χ3n) is 4.49. The van der Waals surface area contributed by atoms with Crippen LogP contribution in [0.25, 0.3) is 11.1 Å². The molecule has 3 rings (SSSR count).